The van der Waals surface area contributed by atoms with E-state index in [0.717, 1.165) is 34.7 Å². The van der Waals surface area contributed by atoms with Crippen molar-refractivity contribution in [3.05, 3.63) is 30.0 Å². The molecular weight excluding hydrogens is 322 g/mol. The lowest BCUT2D eigenvalue weighted by molar-refractivity contribution is -0.137. The van der Waals surface area contributed by atoms with Gasteiger partial charge in [0.2, 0.25) is 0 Å². The molecule has 2 aromatic rings. The van der Waals surface area contributed by atoms with Gasteiger partial charge in [-0.15, -0.1) is 0 Å². The lowest BCUT2D eigenvalue weighted by Crippen LogP contribution is -2.15. The molecule has 0 fully saturated rings. The molecule has 0 atom stereocenters. The molecule has 7 heteroatoms. The van der Waals surface area contributed by atoms with Gasteiger partial charge >= 0.3 is 5.97 Å². The van der Waals surface area contributed by atoms with E-state index in [-0.39, 0.29) is 6.42 Å². The fourth-order valence-corrected chi connectivity index (χ4v) is 2.81. The van der Waals surface area contributed by atoms with Crippen LogP contribution in [0.5, 0.6) is 11.5 Å². The van der Waals surface area contributed by atoms with Crippen LogP contribution >= 0.6 is 0 Å². The normalized spacial score (nSPS) is 13.5. The van der Waals surface area contributed by atoms with Gasteiger partial charge in [0.15, 0.2) is 11.5 Å². The zero-order valence-electron chi connectivity index (χ0n) is 14.3. The molecular formula is C18H23N3O4. The van der Waals surface area contributed by atoms with Crippen LogP contribution in [0.1, 0.15) is 24.8 Å². The standard InChI is InChI=1S/C18H23N3O4/c1-21-12-14(11-19-7-2-4-17(22)23)18(20-21)13-5-6-15-16(10-13)25-9-3-8-24-15/h5-6,10,12,19H,2-4,7-9,11H2,1H3,(H,22,23). The predicted molar refractivity (Wildman–Crippen MR) is 92.8 cm³/mol. The summed E-state index contributed by atoms with van der Waals surface area (Å²) in [6.45, 7) is 2.61. The van der Waals surface area contributed by atoms with Crippen LogP contribution in [-0.4, -0.2) is 40.6 Å². The zero-order chi connectivity index (χ0) is 17.6. The van der Waals surface area contributed by atoms with E-state index in [2.05, 4.69) is 10.4 Å². The predicted octanol–water partition coefficient (Wildman–Crippen LogP) is 2.20. The number of hydrogen-bond acceptors (Lipinski definition) is 5. The van der Waals surface area contributed by atoms with Gasteiger partial charge in [-0.05, 0) is 31.2 Å². The Bertz CT molecular complexity index is 742. The summed E-state index contributed by atoms with van der Waals surface area (Å²) >= 11 is 0. The first kappa shape index (κ1) is 17.3. The zero-order valence-corrected chi connectivity index (χ0v) is 14.3. The van der Waals surface area contributed by atoms with Crippen LogP contribution in [0.4, 0.5) is 0 Å². The molecule has 0 spiro atoms. The van der Waals surface area contributed by atoms with Gasteiger partial charge in [0.1, 0.15) is 0 Å². The van der Waals surface area contributed by atoms with Crippen LogP contribution in [0.15, 0.2) is 24.4 Å². The van der Waals surface area contributed by atoms with Gasteiger partial charge in [0, 0.05) is 43.8 Å². The largest absolute Gasteiger partial charge is 0.490 e. The Morgan fingerprint density at radius 1 is 1.32 bits per heavy atom. The van der Waals surface area contributed by atoms with Gasteiger partial charge in [0.25, 0.3) is 0 Å². The number of hydrogen-bond donors (Lipinski definition) is 2. The van der Waals surface area contributed by atoms with Crippen molar-refractivity contribution in [2.45, 2.75) is 25.8 Å². The van der Waals surface area contributed by atoms with Gasteiger partial charge in [0.05, 0.1) is 18.9 Å². The van der Waals surface area contributed by atoms with Crippen molar-refractivity contribution in [3.8, 4) is 22.8 Å². The Labute approximate surface area is 146 Å². The first-order valence-corrected chi connectivity index (χ1v) is 8.48. The van der Waals surface area contributed by atoms with Crippen LogP contribution in [0, 0.1) is 0 Å². The Kier molecular flexibility index (Phi) is 5.55. The Balaban J connectivity index is 1.72. The number of carboxylic acids is 1. The van der Waals surface area contributed by atoms with Crippen LogP contribution in [0.25, 0.3) is 11.3 Å². The first-order chi connectivity index (χ1) is 12.1. The Morgan fingerprint density at radius 2 is 2.12 bits per heavy atom. The van der Waals surface area contributed by atoms with Crippen LogP contribution < -0.4 is 14.8 Å². The van der Waals surface area contributed by atoms with E-state index >= 15 is 0 Å². The van der Waals surface area contributed by atoms with E-state index in [1.807, 2.05) is 31.4 Å². The molecule has 0 saturated heterocycles. The Hall–Kier alpha value is -2.54. The summed E-state index contributed by atoms with van der Waals surface area (Å²) in [5.74, 6) is 0.752. The number of carboxylic acid groups (broad SMARTS) is 1. The van der Waals surface area contributed by atoms with Crippen molar-refractivity contribution in [2.75, 3.05) is 19.8 Å². The minimum absolute atomic E-state index is 0.176. The number of fused-ring (bicyclic) bond motifs is 1. The topological polar surface area (TPSA) is 85.6 Å². The molecule has 1 aliphatic rings. The smallest absolute Gasteiger partial charge is 0.303 e. The van der Waals surface area contributed by atoms with Crippen molar-refractivity contribution >= 4 is 5.97 Å². The monoisotopic (exact) mass is 345 g/mol. The summed E-state index contributed by atoms with van der Waals surface area (Å²) in [5.41, 5.74) is 2.93. The van der Waals surface area contributed by atoms with E-state index in [1.54, 1.807) is 4.68 Å². The number of ether oxygens (including phenoxy) is 2. The molecule has 25 heavy (non-hydrogen) atoms. The van der Waals surface area contributed by atoms with Crippen LogP contribution in [0.2, 0.25) is 0 Å². The van der Waals surface area contributed by atoms with Crippen LogP contribution in [-0.2, 0) is 18.4 Å². The molecule has 0 radical (unpaired) electrons. The summed E-state index contributed by atoms with van der Waals surface area (Å²) in [7, 11) is 1.89. The van der Waals surface area contributed by atoms with Crippen molar-refractivity contribution in [3.63, 3.8) is 0 Å². The summed E-state index contributed by atoms with van der Waals surface area (Å²) in [6.07, 6.45) is 3.63. The summed E-state index contributed by atoms with van der Waals surface area (Å²) in [6, 6.07) is 5.88. The van der Waals surface area contributed by atoms with E-state index in [0.29, 0.717) is 32.7 Å². The van der Waals surface area contributed by atoms with Gasteiger partial charge < -0.3 is 19.9 Å². The number of nitrogens with one attached hydrogen (secondary N) is 1. The maximum atomic E-state index is 10.6. The molecule has 1 aromatic heterocycles. The first-order valence-electron chi connectivity index (χ1n) is 8.48. The van der Waals surface area contributed by atoms with E-state index in [9.17, 15) is 4.79 Å². The average molecular weight is 345 g/mol. The molecule has 0 saturated carbocycles. The van der Waals surface area contributed by atoms with Crippen molar-refractivity contribution in [1.82, 2.24) is 15.1 Å². The summed E-state index contributed by atoms with van der Waals surface area (Å²) in [4.78, 5) is 10.6. The number of nitrogens with zero attached hydrogens (tertiary/aromatic N) is 2. The number of aromatic nitrogens is 2. The fourth-order valence-electron chi connectivity index (χ4n) is 2.81. The number of carbonyl (C=O) groups is 1. The third kappa shape index (κ3) is 4.51. The molecule has 1 aliphatic heterocycles. The third-order valence-electron chi connectivity index (χ3n) is 3.99. The van der Waals surface area contributed by atoms with Crippen LogP contribution in [0.3, 0.4) is 0 Å². The quantitative estimate of drug-likeness (QED) is 0.748. The lowest BCUT2D eigenvalue weighted by Gasteiger charge is -2.09. The maximum Gasteiger partial charge on any atom is 0.303 e. The van der Waals surface area contributed by atoms with Gasteiger partial charge in [-0.25, -0.2) is 0 Å². The summed E-state index contributed by atoms with van der Waals surface area (Å²) < 4.78 is 13.2. The SMILES string of the molecule is Cn1cc(CNCCCC(=O)O)c(-c2ccc3c(c2)OCCCO3)n1. The molecule has 1 aromatic carbocycles. The number of aliphatic carboxylic acids is 1. The highest BCUT2D eigenvalue weighted by molar-refractivity contribution is 5.67. The summed E-state index contributed by atoms with van der Waals surface area (Å²) in [5, 5.41) is 16.5. The highest BCUT2D eigenvalue weighted by Crippen LogP contribution is 2.34. The molecule has 2 heterocycles. The van der Waals surface area contributed by atoms with Gasteiger partial charge in [-0.3, -0.25) is 9.48 Å². The minimum atomic E-state index is -0.768. The third-order valence-corrected chi connectivity index (χ3v) is 3.99. The fraction of sp³-hybridized carbons (Fsp3) is 0.444. The molecule has 2 N–H and O–H groups in total. The average Bonchev–Trinajstić information content (AvgIpc) is 2.80. The molecule has 0 bridgehead atoms. The minimum Gasteiger partial charge on any atom is -0.490 e. The molecule has 0 amide bonds. The molecule has 3 rings (SSSR count). The molecule has 134 valence electrons. The highest BCUT2D eigenvalue weighted by Gasteiger charge is 2.15. The van der Waals surface area contributed by atoms with E-state index in [4.69, 9.17) is 14.6 Å². The molecule has 0 unspecified atom stereocenters. The second-order valence-corrected chi connectivity index (χ2v) is 6.06. The number of benzene rings is 1. The highest BCUT2D eigenvalue weighted by atomic mass is 16.5. The van der Waals surface area contributed by atoms with Crippen molar-refractivity contribution < 1.29 is 19.4 Å². The molecule has 0 aliphatic carbocycles. The second kappa shape index (κ2) is 8.02. The van der Waals surface area contributed by atoms with E-state index in [1.165, 1.54) is 0 Å². The van der Waals surface area contributed by atoms with Crippen molar-refractivity contribution in [2.24, 2.45) is 7.05 Å². The van der Waals surface area contributed by atoms with Gasteiger partial charge in [-0.2, -0.15) is 5.10 Å². The van der Waals surface area contributed by atoms with E-state index < -0.39 is 5.97 Å². The van der Waals surface area contributed by atoms with Gasteiger partial charge in [-0.1, -0.05) is 0 Å². The van der Waals surface area contributed by atoms with Crippen molar-refractivity contribution in [1.29, 1.82) is 0 Å². The molecule has 7 nitrogen and oxygen atoms in total. The second-order valence-electron chi connectivity index (χ2n) is 6.06. The maximum absolute atomic E-state index is 10.6. The Morgan fingerprint density at radius 3 is 2.92 bits per heavy atom. The number of aryl methyl sites for hydroxylation is 1. The number of rotatable bonds is 7. The lowest BCUT2D eigenvalue weighted by atomic mass is 10.1.